The molecule has 0 bridgehead atoms. The summed E-state index contributed by atoms with van der Waals surface area (Å²) in [7, 11) is 0. The summed E-state index contributed by atoms with van der Waals surface area (Å²) < 4.78 is 6.49. The number of H-pyrrole nitrogens is 1. The van der Waals surface area contributed by atoms with Gasteiger partial charge in [0.15, 0.2) is 5.13 Å². The Morgan fingerprint density at radius 2 is 2.06 bits per heavy atom. The van der Waals surface area contributed by atoms with Crippen LogP contribution in [0.4, 0.5) is 5.13 Å². The highest BCUT2D eigenvalue weighted by molar-refractivity contribution is 7.22. The first kappa shape index (κ1) is 20.5. The van der Waals surface area contributed by atoms with E-state index in [0.717, 1.165) is 59.5 Å². The Hall–Kier alpha value is -2.45. The minimum atomic E-state index is -0.0477. The Labute approximate surface area is 189 Å². The van der Waals surface area contributed by atoms with Crippen LogP contribution in [0.2, 0.25) is 5.02 Å². The molecular formula is C23H23ClN4O2S. The second-order valence-electron chi connectivity index (χ2n) is 7.67. The van der Waals surface area contributed by atoms with Crippen LogP contribution in [0, 0.1) is 6.92 Å². The molecule has 1 aliphatic heterocycles. The summed E-state index contributed by atoms with van der Waals surface area (Å²) in [6.45, 7) is 6.52. The van der Waals surface area contributed by atoms with Crippen LogP contribution < -0.4 is 4.90 Å². The predicted molar refractivity (Wildman–Crippen MR) is 127 cm³/mol. The lowest BCUT2D eigenvalue weighted by Gasteiger charge is -2.29. The zero-order valence-corrected chi connectivity index (χ0v) is 18.8. The quantitative estimate of drug-likeness (QED) is 0.474. The maximum absolute atomic E-state index is 13.7. The molecule has 2 aromatic heterocycles. The van der Waals surface area contributed by atoms with Crippen LogP contribution in [0.25, 0.3) is 21.1 Å². The summed E-state index contributed by atoms with van der Waals surface area (Å²) in [6, 6.07) is 11.7. The van der Waals surface area contributed by atoms with Gasteiger partial charge in [0.05, 0.1) is 29.0 Å². The topological polar surface area (TPSA) is 61.5 Å². The van der Waals surface area contributed by atoms with E-state index in [9.17, 15) is 4.79 Å². The van der Waals surface area contributed by atoms with Gasteiger partial charge in [-0.1, -0.05) is 41.1 Å². The normalized spacial score (nSPS) is 15.0. The third kappa shape index (κ3) is 3.94. The van der Waals surface area contributed by atoms with Crippen molar-refractivity contribution in [1.29, 1.82) is 0 Å². The molecule has 0 saturated carbocycles. The molecule has 0 unspecified atom stereocenters. The summed E-state index contributed by atoms with van der Waals surface area (Å²) in [4.78, 5) is 25.9. The van der Waals surface area contributed by atoms with Crippen LogP contribution in [-0.4, -0.2) is 60.2 Å². The van der Waals surface area contributed by atoms with Gasteiger partial charge in [0.1, 0.15) is 0 Å². The van der Waals surface area contributed by atoms with E-state index in [2.05, 4.69) is 9.88 Å². The van der Waals surface area contributed by atoms with Crippen molar-refractivity contribution in [2.24, 2.45) is 0 Å². The molecule has 1 aliphatic rings. The van der Waals surface area contributed by atoms with Crippen LogP contribution in [0.15, 0.2) is 42.6 Å². The number of carbonyl (C=O) groups excluding carboxylic acids is 1. The Balaban J connectivity index is 1.52. The SMILES string of the molecule is Cc1c(Cl)ccc2sc(N(CCN3CCOCC3)C(=O)c3c[nH]c4ccccc34)nc12. The van der Waals surface area contributed by atoms with Crippen molar-refractivity contribution in [2.45, 2.75) is 6.92 Å². The molecular weight excluding hydrogens is 432 g/mol. The molecule has 8 heteroatoms. The summed E-state index contributed by atoms with van der Waals surface area (Å²) in [5, 5.41) is 2.31. The van der Waals surface area contributed by atoms with Crippen LogP contribution in [0.3, 0.4) is 0 Å². The summed E-state index contributed by atoms with van der Waals surface area (Å²) >= 11 is 7.84. The third-order valence-electron chi connectivity index (χ3n) is 5.78. The number of carbonyl (C=O) groups is 1. The van der Waals surface area contributed by atoms with Gasteiger partial charge in [0, 0.05) is 48.3 Å². The number of ether oxygens (including phenoxy) is 1. The van der Waals surface area contributed by atoms with Gasteiger partial charge in [-0.25, -0.2) is 4.98 Å². The van der Waals surface area contributed by atoms with Gasteiger partial charge in [0.2, 0.25) is 0 Å². The fraction of sp³-hybridized carbons (Fsp3) is 0.304. The Morgan fingerprint density at radius 3 is 2.90 bits per heavy atom. The standard InChI is InChI=1S/C23H23ClN4O2S/c1-15-18(24)6-7-20-21(15)26-23(31-20)28(9-8-27-10-12-30-13-11-27)22(29)17-14-25-19-5-3-2-4-16(17)19/h2-7,14,25H,8-13H2,1H3. The molecule has 4 aromatic rings. The summed E-state index contributed by atoms with van der Waals surface area (Å²) in [6.07, 6.45) is 1.80. The smallest absolute Gasteiger partial charge is 0.262 e. The fourth-order valence-corrected chi connectivity index (χ4v) is 5.15. The molecule has 1 N–H and O–H groups in total. The molecule has 1 saturated heterocycles. The van der Waals surface area contributed by atoms with Gasteiger partial charge in [-0.05, 0) is 30.7 Å². The van der Waals surface area contributed by atoms with Crippen molar-refractivity contribution in [1.82, 2.24) is 14.9 Å². The lowest BCUT2D eigenvalue weighted by molar-refractivity contribution is 0.0391. The van der Waals surface area contributed by atoms with E-state index in [1.807, 2.05) is 48.2 Å². The lowest BCUT2D eigenvalue weighted by atomic mass is 10.1. The number of aryl methyl sites for hydroxylation is 1. The molecule has 0 radical (unpaired) electrons. The first-order valence-electron chi connectivity index (χ1n) is 10.4. The van der Waals surface area contributed by atoms with Gasteiger partial charge >= 0.3 is 0 Å². The maximum atomic E-state index is 13.7. The van der Waals surface area contributed by atoms with Gasteiger partial charge in [-0.3, -0.25) is 14.6 Å². The van der Waals surface area contributed by atoms with E-state index in [4.69, 9.17) is 21.3 Å². The Bertz CT molecular complexity index is 1250. The lowest BCUT2D eigenvalue weighted by Crippen LogP contribution is -2.43. The van der Waals surface area contributed by atoms with E-state index in [1.54, 1.807) is 6.20 Å². The number of halogens is 1. The number of aromatic nitrogens is 2. The van der Waals surface area contributed by atoms with Crippen molar-refractivity contribution in [3.8, 4) is 0 Å². The van der Waals surface area contributed by atoms with Crippen molar-refractivity contribution >= 4 is 55.1 Å². The highest BCUT2D eigenvalue weighted by atomic mass is 35.5. The van der Waals surface area contributed by atoms with Crippen LogP contribution >= 0.6 is 22.9 Å². The molecule has 2 aromatic carbocycles. The zero-order chi connectivity index (χ0) is 21.4. The number of aromatic amines is 1. The molecule has 3 heterocycles. The number of benzene rings is 2. The monoisotopic (exact) mass is 454 g/mol. The minimum absolute atomic E-state index is 0.0477. The molecule has 160 valence electrons. The van der Waals surface area contributed by atoms with Crippen LogP contribution in [0.5, 0.6) is 0 Å². The number of nitrogens with zero attached hydrogens (tertiary/aromatic N) is 3. The van der Waals surface area contributed by atoms with Crippen molar-refractivity contribution in [2.75, 3.05) is 44.3 Å². The summed E-state index contributed by atoms with van der Waals surface area (Å²) in [5.41, 5.74) is 3.41. The first-order valence-corrected chi connectivity index (χ1v) is 11.5. The van der Waals surface area contributed by atoms with E-state index >= 15 is 0 Å². The number of anilines is 1. The number of amides is 1. The highest BCUT2D eigenvalue weighted by Crippen LogP contribution is 2.34. The molecule has 1 amide bonds. The molecule has 31 heavy (non-hydrogen) atoms. The van der Waals surface area contributed by atoms with Crippen LogP contribution in [-0.2, 0) is 4.74 Å². The third-order valence-corrected chi connectivity index (χ3v) is 7.23. The Morgan fingerprint density at radius 1 is 1.26 bits per heavy atom. The number of nitrogens with one attached hydrogen (secondary N) is 1. The van der Waals surface area contributed by atoms with Gasteiger partial charge in [-0.15, -0.1) is 0 Å². The number of hydrogen-bond acceptors (Lipinski definition) is 5. The number of morpholine rings is 1. The largest absolute Gasteiger partial charge is 0.379 e. The molecule has 0 spiro atoms. The molecule has 0 atom stereocenters. The minimum Gasteiger partial charge on any atom is -0.379 e. The number of hydrogen-bond donors (Lipinski definition) is 1. The summed E-state index contributed by atoms with van der Waals surface area (Å²) in [5.74, 6) is -0.0477. The molecule has 1 fully saturated rings. The number of para-hydroxylation sites is 1. The van der Waals surface area contributed by atoms with E-state index in [1.165, 1.54) is 11.3 Å². The maximum Gasteiger partial charge on any atom is 0.262 e. The van der Waals surface area contributed by atoms with E-state index in [-0.39, 0.29) is 5.91 Å². The van der Waals surface area contributed by atoms with Crippen molar-refractivity contribution in [3.05, 3.63) is 58.7 Å². The van der Waals surface area contributed by atoms with Crippen molar-refractivity contribution in [3.63, 3.8) is 0 Å². The number of fused-ring (bicyclic) bond motifs is 2. The fourth-order valence-electron chi connectivity index (χ4n) is 3.95. The highest BCUT2D eigenvalue weighted by Gasteiger charge is 2.25. The number of thiazole rings is 1. The molecule has 6 nitrogen and oxygen atoms in total. The van der Waals surface area contributed by atoms with E-state index in [0.29, 0.717) is 22.3 Å². The van der Waals surface area contributed by atoms with Gasteiger partial charge in [-0.2, -0.15) is 0 Å². The second kappa shape index (κ2) is 8.59. The average Bonchev–Trinajstić information content (AvgIpc) is 3.42. The Kier molecular flexibility index (Phi) is 5.67. The second-order valence-corrected chi connectivity index (χ2v) is 9.09. The molecule has 0 aliphatic carbocycles. The average molecular weight is 455 g/mol. The predicted octanol–water partition coefficient (Wildman–Crippen LogP) is 4.72. The zero-order valence-electron chi connectivity index (χ0n) is 17.2. The first-order chi connectivity index (χ1) is 15.1. The van der Waals surface area contributed by atoms with E-state index < -0.39 is 0 Å². The van der Waals surface area contributed by atoms with Crippen LogP contribution in [0.1, 0.15) is 15.9 Å². The van der Waals surface area contributed by atoms with Crippen molar-refractivity contribution < 1.29 is 9.53 Å². The van der Waals surface area contributed by atoms with Gasteiger partial charge < -0.3 is 9.72 Å². The number of rotatable bonds is 5. The van der Waals surface area contributed by atoms with Gasteiger partial charge in [0.25, 0.3) is 5.91 Å². The molecule has 5 rings (SSSR count).